The molecular weight excluding hydrogens is 390 g/mol. The SMILES string of the molecule is CCOC(=O)C[C@@H](C)[C@@H](NC(=O)[C@@H](NC(=O)OCc1ccccc1)C(C)C)C(N)=O. The van der Waals surface area contributed by atoms with Gasteiger partial charge in [-0.3, -0.25) is 14.4 Å². The van der Waals surface area contributed by atoms with Gasteiger partial charge in [-0.05, 0) is 24.3 Å². The molecule has 1 aromatic carbocycles. The molecule has 4 N–H and O–H groups in total. The highest BCUT2D eigenvalue weighted by Crippen LogP contribution is 2.12. The van der Waals surface area contributed by atoms with E-state index < -0.39 is 41.9 Å². The van der Waals surface area contributed by atoms with Gasteiger partial charge in [-0.2, -0.15) is 0 Å². The van der Waals surface area contributed by atoms with Gasteiger partial charge in [-0.1, -0.05) is 51.1 Å². The van der Waals surface area contributed by atoms with Crippen molar-refractivity contribution in [3.05, 3.63) is 35.9 Å². The number of primary amides is 1. The lowest BCUT2D eigenvalue weighted by molar-refractivity contribution is -0.145. The average Bonchev–Trinajstić information content (AvgIpc) is 2.68. The van der Waals surface area contributed by atoms with E-state index in [9.17, 15) is 19.2 Å². The fourth-order valence-electron chi connectivity index (χ4n) is 2.76. The summed E-state index contributed by atoms with van der Waals surface area (Å²) in [7, 11) is 0. The molecule has 1 aromatic rings. The first-order chi connectivity index (χ1) is 14.1. The number of rotatable bonds is 11. The first-order valence-corrected chi connectivity index (χ1v) is 9.88. The molecule has 0 saturated heterocycles. The number of esters is 1. The molecule has 0 aliphatic carbocycles. The molecule has 0 radical (unpaired) electrons. The van der Waals surface area contributed by atoms with Crippen LogP contribution in [0.5, 0.6) is 0 Å². The van der Waals surface area contributed by atoms with Crippen molar-refractivity contribution in [3.63, 3.8) is 0 Å². The maximum atomic E-state index is 12.7. The summed E-state index contributed by atoms with van der Waals surface area (Å²) in [6.07, 6.45) is -0.844. The zero-order valence-corrected chi connectivity index (χ0v) is 17.8. The maximum absolute atomic E-state index is 12.7. The van der Waals surface area contributed by atoms with E-state index in [0.29, 0.717) is 0 Å². The lowest BCUT2D eigenvalue weighted by Gasteiger charge is -2.26. The van der Waals surface area contributed by atoms with E-state index in [1.165, 1.54) is 0 Å². The first-order valence-electron chi connectivity index (χ1n) is 9.88. The van der Waals surface area contributed by atoms with Crippen LogP contribution in [0.3, 0.4) is 0 Å². The third-order valence-corrected chi connectivity index (χ3v) is 4.40. The topological polar surface area (TPSA) is 137 Å². The summed E-state index contributed by atoms with van der Waals surface area (Å²) in [6.45, 7) is 7.03. The molecule has 0 aliphatic rings. The van der Waals surface area contributed by atoms with Crippen molar-refractivity contribution in [1.82, 2.24) is 10.6 Å². The Labute approximate surface area is 176 Å². The average molecular weight is 421 g/mol. The second kappa shape index (κ2) is 12.5. The molecule has 9 heteroatoms. The van der Waals surface area contributed by atoms with Crippen LogP contribution >= 0.6 is 0 Å². The minimum atomic E-state index is -1.09. The molecule has 1 rings (SSSR count). The Morgan fingerprint density at radius 3 is 2.13 bits per heavy atom. The summed E-state index contributed by atoms with van der Waals surface area (Å²) in [5.74, 6) is -2.74. The number of hydrogen-bond donors (Lipinski definition) is 3. The highest BCUT2D eigenvalue weighted by Gasteiger charge is 2.32. The van der Waals surface area contributed by atoms with Gasteiger partial charge in [0.15, 0.2) is 0 Å². The van der Waals surface area contributed by atoms with Crippen molar-refractivity contribution in [1.29, 1.82) is 0 Å². The number of carbonyl (C=O) groups excluding carboxylic acids is 4. The van der Waals surface area contributed by atoms with Crippen molar-refractivity contribution in [2.75, 3.05) is 6.61 Å². The van der Waals surface area contributed by atoms with Crippen LogP contribution in [0.1, 0.15) is 39.7 Å². The zero-order chi connectivity index (χ0) is 22.7. The van der Waals surface area contributed by atoms with Crippen molar-refractivity contribution >= 4 is 23.9 Å². The summed E-state index contributed by atoms with van der Waals surface area (Å²) in [5, 5.41) is 5.05. The van der Waals surface area contributed by atoms with E-state index >= 15 is 0 Å². The van der Waals surface area contributed by atoms with Crippen LogP contribution in [0.25, 0.3) is 0 Å². The molecule has 0 aliphatic heterocycles. The van der Waals surface area contributed by atoms with Crippen LogP contribution in [0, 0.1) is 11.8 Å². The van der Waals surface area contributed by atoms with Gasteiger partial charge in [0.25, 0.3) is 0 Å². The molecular formula is C21H31N3O6. The quantitative estimate of drug-likeness (QED) is 0.463. The van der Waals surface area contributed by atoms with Gasteiger partial charge in [0.1, 0.15) is 18.7 Å². The molecule has 0 heterocycles. The van der Waals surface area contributed by atoms with E-state index in [2.05, 4.69) is 10.6 Å². The normalized spacial score (nSPS) is 13.6. The molecule has 0 aromatic heterocycles. The second-order valence-electron chi connectivity index (χ2n) is 7.30. The number of ether oxygens (including phenoxy) is 2. The Bertz CT molecular complexity index is 723. The van der Waals surface area contributed by atoms with E-state index in [4.69, 9.17) is 15.2 Å². The molecule has 9 nitrogen and oxygen atoms in total. The van der Waals surface area contributed by atoms with Crippen molar-refractivity contribution in [2.45, 2.75) is 52.8 Å². The number of amides is 3. The Morgan fingerprint density at radius 1 is 0.967 bits per heavy atom. The van der Waals surface area contributed by atoms with Gasteiger partial charge in [0, 0.05) is 0 Å². The number of carbonyl (C=O) groups is 4. The number of hydrogen-bond acceptors (Lipinski definition) is 6. The van der Waals surface area contributed by atoms with Crippen LogP contribution < -0.4 is 16.4 Å². The highest BCUT2D eigenvalue weighted by atomic mass is 16.5. The molecule has 0 spiro atoms. The maximum Gasteiger partial charge on any atom is 0.408 e. The third-order valence-electron chi connectivity index (χ3n) is 4.40. The fourth-order valence-corrected chi connectivity index (χ4v) is 2.76. The summed E-state index contributed by atoms with van der Waals surface area (Å²) in [5.41, 5.74) is 6.21. The van der Waals surface area contributed by atoms with E-state index in [-0.39, 0.29) is 25.6 Å². The van der Waals surface area contributed by atoms with Gasteiger partial charge in [-0.15, -0.1) is 0 Å². The predicted octanol–water partition coefficient (Wildman–Crippen LogP) is 1.50. The predicted molar refractivity (Wildman–Crippen MR) is 110 cm³/mol. The summed E-state index contributed by atoms with van der Waals surface area (Å²) in [6, 6.07) is 7.06. The van der Waals surface area contributed by atoms with Crippen LogP contribution in [0.15, 0.2) is 30.3 Å². The lowest BCUT2D eigenvalue weighted by Crippen LogP contribution is -2.56. The van der Waals surface area contributed by atoms with Crippen molar-refractivity contribution < 1.29 is 28.7 Å². The largest absolute Gasteiger partial charge is 0.466 e. The van der Waals surface area contributed by atoms with E-state index in [0.717, 1.165) is 5.56 Å². The Kier molecular flexibility index (Phi) is 10.4. The van der Waals surface area contributed by atoms with Gasteiger partial charge in [0.2, 0.25) is 11.8 Å². The Balaban J connectivity index is 2.72. The number of nitrogens with one attached hydrogen (secondary N) is 2. The van der Waals surface area contributed by atoms with E-state index in [1.807, 2.05) is 30.3 Å². The number of nitrogens with two attached hydrogens (primary N) is 1. The van der Waals surface area contributed by atoms with Gasteiger partial charge in [-0.25, -0.2) is 4.79 Å². The van der Waals surface area contributed by atoms with Gasteiger partial charge >= 0.3 is 12.1 Å². The Morgan fingerprint density at radius 2 is 1.60 bits per heavy atom. The summed E-state index contributed by atoms with van der Waals surface area (Å²) in [4.78, 5) is 48.4. The molecule has 0 unspecified atom stereocenters. The number of alkyl carbamates (subject to hydrolysis) is 1. The zero-order valence-electron chi connectivity index (χ0n) is 17.8. The summed E-state index contributed by atoms with van der Waals surface area (Å²) < 4.78 is 10.0. The van der Waals surface area contributed by atoms with Crippen LogP contribution in [0.4, 0.5) is 4.79 Å². The number of benzene rings is 1. The Hall–Kier alpha value is -3.10. The highest BCUT2D eigenvalue weighted by molar-refractivity contribution is 5.91. The molecule has 30 heavy (non-hydrogen) atoms. The molecule has 0 fully saturated rings. The molecule has 0 saturated carbocycles. The van der Waals surface area contributed by atoms with Crippen LogP contribution in [-0.4, -0.2) is 42.6 Å². The minimum absolute atomic E-state index is 0.0552. The lowest BCUT2D eigenvalue weighted by atomic mass is 9.96. The smallest absolute Gasteiger partial charge is 0.408 e. The van der Waals surface area contributed by atoms with Crippen molar-refractivity contribution in [2.24, 2.45) is 17.6 Å². The van der Waals surface area contributed by atoms with Crippen LogP contribution in [-0.2, 0) is 30.5 Å². The summed E-state index contributed by atoms with van der Waals surface area (Å²) >= 11 is 0. The standard InChI is InChI=1S/C21H31N3O6/c1-5-29-16(25)11-14(4)18(19(22)26)23-20(27)17(13(2)3)24-21(28)30-12-15-9-7-6-8-10-15/h6-10,13-14,17-18H,5,11-12H2,1-4H3,(H2,22,26)(H,23,27)(H,24,28)/t14-,17+,18-/m1/s1. The first kappa shape index (κ1) is 24.9. The van der Waals surface area contributed by atoms with Gasteiger partial charge in [0.05, 0.1) is 13.0 Å². The monoisotopic (exact) mass is 421 g/mol. The molecule has 3 amide bonds. The van der Waals surface area contributed by atoms with Crippen LogP contribution in [0.2, 0.25) is 0 Å². The molecule has 0 bridgehead atoms. The molecule has 166 valence electrons. The fraction of sp³-hybridized carbons (Fsp3) is 0.524. The van der Waals surface area contributed by atoms with Gasteiger partial charge < -0.3 is 25.8 Å². The molecule has 3 atom stereocenters. The third kappa shape index (κ3) is 8.50. The van der Waals surface area contributed by atoms with E-state index in [1.54, 1.807) is 27.7 Å². The minimum Gasteiger partial charge on any atom is -0.466 e. The second-order valence-corrected chi connectivity index (χ2v) is 7.30. The van der Waals surface area contributed by atoms with Crippen molar-refractivity contribution in [3.8, 4) is 0 Å².